The third kappa shape index (κ3) is 4.85. The molecule has 182 valence electrons. The topological polar surface area (TPSA) is 92.2 Å². The van der Waals surface area contributed by atoms with E-state index in [0.717, 1.165) is 11.4 Å². The Morgan fingerprint density at radius 3 is 2.57 bits per heavy atom. The van der Waals surface area contributed by atoms with Crippen molar-refractivity contribution in [3.05, 3.63) is 81.4 Å². The van der Waals surface area contributed by atoms with E-state index in [1.807, 2.05) is 26.8 Å². The Bertz CT molecular complexity index is 1410. The minimum absolute atomic E-state index is 0.0531. The van der Waals surface area contributed by atoms with E-state index in [4.69, 9.17) is 4.74 Å². The number of hydrogen-bond donors (Lipinski definition) is 0. The van der Waals surface area contributed by atoms with Crippen LogP contribution in [0.4, 0.5) is 10.1 Å². The van der Waals surface area contributed by atoms with Crippen LogP contribution < -0.4 is 0 Å². The summed E-state index contributed by atoms with van der Waals surface area (Å²) in [5.41, 5.74) is 4.11. The highest BCUT2D eigenvalue weighted by atomic mass is 32.2. The molecule has 0 aliphatic rings. The number of imidazole rings is 1. The number of benzene rings is 2. The van der Waals surface area contributed by atoms with Gasteiger partial charge < -0.3 is 9.30 Å². The fourth-order valence-electron chi connectivity index (χ4n) is 4.36. The van der Waals surface area contributed by atoms with E-state index in [2.05, 4.69) is 9.55 Å². The van der Waals surface area contributed by atoms with Crippen molar-refractivity contribution in [1.82, 2.24) is 14.1 Å². The lowest BCUT2D eigenvalue weighted by atomic mass is 10.2. The average Bonchev–Trinajstić information content (AvgIpc) is 3.34. The van der Waals surface area contributed by atoms with Crippen LogP contribution in [0.25, 0.3) is 16.7 Å². The molecule has 0 amide bonds. The predicted octanol–water partition coefficient (Wildman–Crippen LogP) is 5.67. The summed E-state index contributed by atoms with van der Waals surface area (Å²) in [6, 6.07) is 12.3. The van der Waals surface area contributed by atoms with Crippen molar-refractivity contribution in [2.75, 3.05) is 19.5 Å². The molecule has 2 aromatic heterocycles. The van der Waals surface area contributed by atoms with Crippen molar-refractivity contribution in [2.45, 2.75) is 32.0 Å². The number of carbonyl (C=O) groups is 1. The first-order valence-corrected chi connectivity index (χ1v) is 12.0. The SMILES string of the molecule is COCC(C)n1c(C)cc(C(=O)CSc2nc3cc([N+](=O)[O-])ccc3n2-c2ccc(F)cc2)c1C. The molecule has 2 heterocycles. The Kier molecular flexibility index (Phi) is 7.04. The molecule has 0 bridgehead atoms. The number of aryl methyl sites for hydroxylation is 1. The summed E-state index contributed by atoms with van der Waals surface area (Å²) in [6.07, 6.45) is 0. The zero-order chi connectivity index (χ0) is 25.3. The molecule has 10 heteroatoms. The van der Waals surface area contributed by atoms with Gasteiger partial charge in [0, 0.05) is 41.9 Å². The van der Waals surface area contributed by atoms with Crippen molar-refractivity contribution in [2.24, 2.45) is 0 Å². The van der Waals surface area contributed by atoms with E-state index in [9.17, 15) is 19.3 Å². The largest absolute Gasteiger partial charge is 0.383 e. The predicted molar refractivity (Wildman–Crippen MR) is 133 cm³/mol. The molecule has 1 atom stereocenters. The van der Waals surface area contributed by atoms with Gasteiger partial charge in [-0.05, 0) is 57.2 Å². The highest BCUT2D eigenvalue weighted by molar-refractivity contribution is 7.99. The van der Waals surface area contributed by atoms with Gasteiger partial charge in [0.15, 0.2) is 10.9 Å². The summed E-state index contributed by atoms with van der Waals surface area (Å²) in [5, 5.41) is 11.7. The van der Waals surface area contributed by atoms with Crippen molar-refractivity contribution in [3.63, 3.8) is 0 Å². The lowest BCUT2D eigenvalue weighted by Crippen LogP contribution is -2.14. The summed E-state index contributed by atoms with van der Waals surface area (Å²) in [7, 11) is 1.65. The van der Waals surface area contributed by atoms with Gasteiger partial charge in [0.25, 0.3) is 5.69 Å². The quantitative estimate of drug-likeness (QED) is 0.128. The van der Waals surface area contributed by atoms with Crippen molar-refractivity contribution in [3.8, 4) is 5.69 Å². The van der Waals surface area contributed by atoms with Crippen LogP contribution >= 0.6 is 11.8 Å². The van der Waals surface area contributed by atoms with Crippen LogP contribution in [0.15, 0.2) is 53.7 Å². The fourth-order valence-corrected chi connectivity index (χ4v) is 5.27. The number of Topliss-reactive ketones (excluding diaryl/α,β-unsaturated/α-hetero) is 1. The number of rotatable bonds is 9. The lowest BCUT2D eigenvalue weighted by molar-refractivity contribution is -0.384. The number of fused-ring (bicyclic) bond motifs is 1. The third-order valence-electron chi connectivity index (χ3n) is 5.87. The molecule has 35 heavy (non-hydrogen) atoms. The van der Waals surface area contributed by atoms with Gasteiger partial charge in [0.1, 0.15) is 5.82 Å². The van der Waals surface area contributed by atoms with Gasteiger partial charge in [0.2, 0.25) is 0 Å². The molecule has 0 spiro atoms. The highest BCUT2D eigenvalue weighted by Crippen LogP contribution is 2.31. The van der Waals surface area contributed by atoms with Gasteiger partial charge in [-0.2, -0.15) is 0 Å². The number of nitrogens with zero attached hydrogens (tertiary/aromatic N) is 4. The van der Waals surface area contributed by atoms with E-state index >= 15 is 0 Å². The van der Waals surface area contributed by atoms with Gasteiger partial charge in [-0.25, -0.2) is 9.37 Å². The van der Waals surface area contributed by atoms with Gasteiger partial charge in [-0.1, -0.05) is 11.8 Å². The van der Waals surface area contributed by atoms with Crippen LogP contribution in [0.5, 0.6) is 0 Å². The minimum atomic E-state index is -0.479. The summed E-state index contributed by atoms with van der Waals surface area (Å²) in [4.78, 5) is 28.5. The standard InChI is InChI=1S/C25H25FN4O4S/c1-15-11-21(17(3)28(15)16(2)13-34-4)24(31)14-35-25-27-22-12-20(30(32)33)9-10-23(22)29(25)19-7-5-18(26)6-8-19/h5-12,16H,13-14H2,1-4H3. The zero-order valence-electron chi connectivity index (χ0n) is 19.8. The van der Waals surface area contributed by atoms with Gasteiger partial charge >= 0.3 is 0 Å². The first-order valence-electron chi connectivity index (χ1n) is 11.0. The molecular weight excluding hydrogens is 471 g/mol. The summed E-state index contributed by atoms with van der Waals surface area (Å²) in [6.45, 7) is 6.46. The minimum Gasteiger partial charge on any atom is -0.383 e. The number of hydrogen-bond acceptors (Lipinski definition) is 6. The van der Waals surface area contributed by atoms with Crippen LogP contribution in [0.2, 0.25) is 0 Å². The monoisotopic (exact) mass is 496 g/mol. The molecule has 0 aliphatic heterocycles. The Labute approximate surface area is 205 Å². The summed E-state index contributed by atoms with van der Waals surface area (Å²) >= 11 is 1.24. The molecular formula is C25H25FN4O4S. The summed E-state index contributed by atoms with van der Waals surface area (Å²) < 4.78 is 22.7. The zero-order valence-corrected chi connectivity index (χ0v) is 20.6. The van der Waals surface area contributed by atoms with Crippen molar-refractivity contribution >= 4 is 34.3 Å². The molecule has 0 N–H and O–H groups in total. The van der Waals surface area contributed by atoms with E-state index in [-0.39, 0.29) is 29.1 Å². The molecule has 0 fully saturated rings. The Balaban J connectivity index is 1.68. The number of aromatic nitrogens is 3. The normalized spacial score (nSPS) is 12.3. The number of carbonyl (C=O) groups excluding carboxylic acids is 1. The van der Waals surface area contributed by atoms with E-state index in [1.54, 1.807) is 29.9 Å². The fraction of sp³-hybridized carbons (Fsp3) is 0.280. The van der Waals surface area contributed by atoms with Crippen LogP contribution in [-0.2, 0) is 4.74 Å². The van der Waals surface area contributed by atoms with Gasteiger partial charge in [0.05, 0.1) is 34.4 Å². The maximum Gasteiger partial charge on any atom is 0.271 e. The summed E-state index contributed by atoms with van der Waals surface area (Å²) in [5.74, 6) is -0.311. The number of nitro groups is 1. The molecule has 1 unspecified atom stereocenters. The smallest absolute Gasteiger partial charge is 0.271 e. The molecule has 0 aliphatic carbocycles. The van der Waals surface area contributed by atoms with Gasteiger partial charge in [-0.3, -0.25) is 19.5 Å². The first kappa shape index (κ1) is 24.6. The molecule has 0 saturated carbocycles. The molecule has 4 rings (SSSR count). The van der Waals surface area contributed by atoms with Crippen LogP contribution in [0, 0.1) is 29.8 Å². The van der Waals surface area contributed by atoms with Crippen LogP contribution in [-0.4, -0.2) is 44.3 Å². The Morgan fingerprint density at radius 2 is 1.91 bits per heavy atom. The second kappa shape index (κ2) is 10.0. The van der Waals surface area contributed by atoms with E-state index in [1.165, 1.54) is 36.0 Å². The molecule has 2 aromatic carbocycles. The molecule has 8 nitrogen and oxygen atoms in total. The maximum atomic E-state index is 13.5. The lowest BCUT2D eigenvalue weighted by Gasteiger charge is -2.17. The van der Waals surface area contributed by atoms with Crippen LogP contribution in [0.3, 0.4) is 0 Å². The Hall–Kier alpha value is -3.50. The number of ether oxygens (including phenoxy) is 1. The second-order valence-corrected chi connectivity index (χ2v) is 9.25. The number of ketones is 1. The van der Waals surface area contributed by atoms with Crippen molar-refractivity contribution < 1.29 is 18.8 Å². The van der Waals surface area contributed by atoms with Crippen molar-refractivity contribution in [1.29, 1.82) is 0 Å². The first-order chi connectivity index (χ1) is 16.7. The number of thioether (sulfide) groups is 1. The number of nitro benzene ring substituents is 1. The molecule has 4 aromatic rings. The van der Waals surface area contributed by atoms with Gasteiger partial charge in [-0.15, -0.1) is 0 Å². The molecule has 0 saturated heterocycles. The number of halogens is 1. The van der Waals surface area contributed by atoms with Crippen LogP contribution in [0.1, 0.15) is 34.7 Å². The van der Waals surface area contributed by atoms with E-state index in [0.29, 0.717) is 34.0 Å². The highest BCUT2D eigenvalue weighted by Gasteiger charge is 2.21. The number of methoxy groups -OCH3 is 1. The second-order valence-electron chi connectivity index (χ2n) is 8.31. The average molecular weight is 497 g/mol. The number of non-ortho nitro benzene ring substituents is 1. The Morgan fingerprint density at radius 1 is 1.20 bits per heavy atom. The molecule has 0 radical (unpaired) electrons. The van der Waals surface area contributed by atoms with E-state index < -0.39 is 4.92 Å². The maximum absolute atomic E-state index is 13.5. The third-order valence-corrected chi connectivity index (χ3v) is 6.81.